The van der Waals surface area contributed by atoms with Crippen LogP contribution in [-0.4, -0.2) is 36.1 Å². The summed E-state index contributed by atoms with van der Waals surface area (Å²) in [6.07, 6.45) is 0. The smallest absolute Gasteiger partial charge is 0.230 e. The topological polar surface area (TPSA) is 60.6 Å². The molecule has 0 spiro atoms. The van der Waals surface area contributed by atoms with Crippen molar-refractivity contribution in [2.45, 2.75) is 20.0 Å². The highest BCUT2D eigenvalue weighted by atomic mass is 32.1. The van der Waals surface area contributed by atoms with Crippen molar-refractivity contribution in [2.24, 2.45) is 0 Å². The molecule has 0 fully saturated rings. The van der Waals surface area contributed by atoms with Crippen LogP contribution in [0.15, 0.2) is 46.9 Å². The van der Waals surface area contributed by atoms with Crippen molar-refractivity contribution in [2.75, 3.05) is 21.3 Å². The Hall–Kier alpha value is -2.90. The van der Waals surface area contributed by atoms with Gasteiger partial charge in [-0.2, -0.15) is 0 Å². The second-order valence-corrected chi connectivity index (χ2v) is 7.95. The van der Waals surface area contributed by atoms with Gasteiger partial charge in [0.25, 0.3) is 0 Å². The number of hydrogen-bond acceptors (Lipinski definition) is 7. The third-order valence-corrected chi connectivity index (χ3v) is 5.72. The fourth-order valence-corrected chi connectivity index (χ4v) is 4.24. The first-order chi connectivity index (χ1) is 14.1. The van der Waals surface area contributed by atoms with E-state index in [2.05, 4.69) is 18.0 Å². The molecule has 0 aliphatic rings. The minimum absolute atomic E-state index is 0.547. The lowest BCUT2D eigenvalue weighted by Crippen LogP contribution is -2.17. The van der Waals surface area contributed by atoms with Crippen molar-refractivity contribution in [3.05, 3.63) is 58.9 Å². The SMILES string of the molecule is COc1ccc(-c2nc(CN(C)Cc3nc4ccccc4s3)c(C)o2)c(OC)c1. The average molecular weight is 410 g/mol. The van der Waals surface area contributed by atoms with E-state index in [1.165, 1.54) is 4.70 Å². The Labute approximate surface area is 173 Å². The predicted octanol–water partition coefficient (Wildman–Crippen LogP) is 4.91. The average Bonchev–Trinajstić information content (AvgIpc) is 3.29. The van der Waals surface area contributed by atoms with Gasteiger partial charge in [0.05, 0.1) is 42.2 Å². The van der Waals surface area contributed by atoms with Crippen LogP contribution < -0.4 is 9.47 Å². The van der Waals surface area contributed by atoms with Crippen molar-refractivity contribution < 1.29 is 13.9 Å². The van der Waals surface area contributed by atoms with Crippen LogP contribution in [0.3, 0.4) is 0 Å². The summed E-state index contributed by atoms with van der Waals surface area (Å²) in [6, 6.07) is 13.8. The Balaban J connectivity index is 1.52. The zero-order chi connectivity index (χ0) is 20.4. The fourth-order valence-electron chi connectivity index (χ4n) is 3.20. The molecule has 2 heterocycles. The van der Waals surface area contributed by atoms with Crippen molar-refractivity contribution in [1.29, 1.82) is 0 Å². The molecule has 0 saturated heterocycles. The number of ether oxygens (including phenoxy) is 2. The molecule has 0 aliphatic heterocycles. The number of aromatic nitrogens is 2. The highest BCUT2D eigenvalue weighted by molar-refractivity contribution is 7.18. The first-order valence-electron chi connectivity index (χ1n) is 9.29. The summed E-state index contributed by atoms with van der Waals surface area (Å²) < 4.78 is 17.9. The third-order valence-electron chi connectivity index (χ3n) is 4.69. The van der Waals surface area contributed by atoms with Crippen molar-refractivity contribution in [3.8, 4) is 23.0 Å². The number of benzene rings is 2. The monoisotopic (exact) mass is 409 g/mol. The van der Waals surface area contributed by atoms with Crippen LogP contribution >= 0.6 is 11.3 Å². The second-order valence-electron chi connectivity index (χ2n) is 6.84. The van der Waals surface area contributed by atoms with Crippen LogP contribution in [0.4, 0.5) is 0 Å². The molecule has 2 aromatic heterocycles. The summed E-state index contributed by atoms with van der Waals surface area (Å²) in [6.45, 7) is 3.37. The van der Waals surface area contributed by atoms with E-state index >= 15 is 0 Å². The third kappa shape index (κ3) is 4.11. The summed E-state index contributed by atoms with van der Waals surface area (Å²) in [7, 11) is 5.32. The maximum atomic E-state index is 5.94. The Morgan fingerprint density at radius 3 is 2.62 bits per heavy atom. The van der Waals surface area contributed by atoms with Gasteiger partial charge in [-0.25, -0.2) is 9.97 Å². The van der Waals surface area contributed by atoms with Crippen LogP contribution in [0.2, 0.25) is 0 Å². The van der Waals surface area contributed by atoms with Gasteiger partial charge in [0, 0.05) is 12.6 Å². The quantitative estimate of drug-likeness (QED) is 0.432. The van der Waals surface area contributed by atoms with E-state index in [4.69, 9.17) is 23.9 Å². The number of oxazole rings is 1. The van der Waals surface area contributed by atoms with Gasteiger partial charge in [-0.05, 0) is 38.2 Å². The van der Waals surface area contributed by atoms with E-state index in [9.17, 15) is 0 Å². The maximum Gasteiger partial charge on any atom is 0.230 e. The molecule has 6 nitrogen and oxygen atoms in total. The van der Waals surface area contributed by atoms with Crippen molar-refractivity contribution >= 4 is 21.6 Å². The maximum absolute atomic E-state index is 5.94. The van der Waals surface area contributed by atoms with Crippen LogP contribution in [0.1, 0.15) is 16.5 Å². The molecule has 0 aliphatic carbocycles. The molecular weight excluding hydrogens is 386 g/mol. The first-order valence-corrected chi connectivity index (χ1v) is 10.1. The molecule has 4 rings (SSSR count). The Morgan fingerprint density at radius 2 is 1.86 bits per heavy atom. The molecule has 4 aromatic rings. The lowest BCUT2D eigenvalue weighted by Gasteiger charge is -2.13. The van der Waals surface area contributed by atoms with Gasteiger partial charge in [-0.15, -0.1) is 11.3 Å². The predicted molar refractivity (Wildman–Crippen MR) is 115 cm³/mol. The van der Waals surface area contributed by atoms with Gasteiger partial charge in [0.2, 0.25) is 5.89 Å². The molecule has 2 aromatic carbocycles. The lowest BCUT2D eigenvalue weighted by atomic mass is 10.2. The number of hydrogen-bond donors (Lipinski definition) is 0. The molecule has 0 unspecified atom stereocenters. The zero-order valence-electron chi connectivity index (χ0n) is 16.9. The normalized spacial score (nSPS) is 11.3. The molecular formula is C22H23N3O3S. The highest BCUT2D eigenvalue weighted by Crippen LogP contribution is 2.34. The van der Waals surface area contributed by atoms with E-state index in [0.717, 1.165) is 39.8 Å². The number of fused-ring (bicyclic) bond motifs is 1. The molecule has 0 bridgehead atoms. The molecule has 0 N–H and O–H groups in total. The minimum atomic E-state index is 0.547. The molecule has 150 valence electrons. The molecule has 0 radical (unpaired) electrons. The number of rotatable bonds is 7. The second kappa shape index (κ2) is 8.23. The molecule has 0 amide bonds. The standard InChI is InChI=1S/C22H23N3O3S/c1-14-18(12-25(2)13-21-23-17-7-5-6-8-20(17)29-21)24-22(28-14)16-10-9-15(26-3)11-19(16)27-4/h5-11H,12-13H2,1-4H3. The molecule has 0 atom stereocenters. The zero-order valence-corrected chi connectivity index (χ0v) is 17.7. The van der Waals surface area contributed by atoms with Gasteiger partial charge in [-0.1, -0.05) is 12.1 Å². The van der Waals surface area contributed by atoms with Gasteiger partial charge >= 0.3 is 0 Å². The summed E-state index contributed by atoms with van der Waals surface area (Å²) in [4.78, 5) is 11.6. The van der Waals surface area contributed by atoms with E-state index < -0.39 is 0 Å². The van der Waals surface area contributed by atoms with Gasteiger partial charge in [0.15, 0.2) is 0 Å². The number of methoxy groups -OCH3 is 2. The van der Waals surface area contributed by atoms with Crippen LogP contribution in [0.5, 0.6) is 11.5 Å². The van der Waals surface area contributed by atoms with Gasteiger partial charge < -0.3 is 13.9 Å². The Morgan fingerprint density at radius 1 is 1.03 bits per heavy atom. The van der Waals surface area contributed by atoms with E-state index in [1.54, 1.807) is 25.6 Å². The Bertz CT molecular complexity index is 1100. The van der Waals surface area contributed by atoms with Crippen molar-refractivity contribution in [3.63, 3.8) is 0 Å². The largest absolute Gasteiger partial charge is 0.497 e. The van der Waals surface area contributed by atoms with E-state index in [-0.39, 0.29) is 0 Å². The summed E-state index contributed by atoms with van der Waals surface area (Å²) in [5, 5.41) is 1.09. The molecule has 29 heavy (non-hydrogen) atoms. The molecule has 7 heteroatoms. The van der Waals surface area contributed by atoms with E-state index in [1.807, 2.05) is 43.3 Å². The van der Waals surface area contributed by atoms with Crippen molar-refractivity contribution in [1.82, 2.24) is 14.9 Å². The fraction of sp³-hybridized carbons (Fsp3) is 0.273. The van der Waals surface area contributed by atoms with Gasteiger partial charge in [0.1, 0.15) is 22.3 Å². The Kier molecular flexibility index (Phi) is 5.51. The number of aryl methyl sites for hydroxylation is 1. The highest BCUT2D eigenvalue weighted by Gasteiger charge is 2.17. The minimum Gasteiger partial charge on any atom is -0.497 e. The van der Waals surface area contributed by atoms with Crippen LogP contribution in [-0.2, 0) is 13.1 Å². The first kappa shape index (κ1) is 19.4. The van der Waals surface area contributed by atoms with Crippen LogP contribution in [0, 0.1) is 6.92 Å². The number of nitrogens with zero attached hydrogens (tertiary/aromatic N) is 3. The number of para-hydroxylation sites is 1. The summed E-state index contributed by atoms with van der Waals surface area (Å²) in [5.74, 6) is 2.74. The summed E-state index contributed by atoms with van der Waals surface area (Å²) >= 11 is 1.73. The lowest BCUT2D eigenvalue weighted by molar-refractivity contribution is 0.313. The van der Waals surface area contributed by atoms with Gasteiger partial charge in [-0.3, -0.25) is 4.90 Å². The van der Waals surface area contributed by atoms with Crippen LogP contribution in [0.25, 0.3) is 21.7 Å². The molecule has 0 saturated carbocycles. The number of thiazole rings is 1. The van der Waals surface area contributed by atoms with E-state index in [0.29, 0.717) is 18.2 Å². The summed E-state index contributed by atoms with van der Waals surface area (Å²) in [5.41, 5.74) is 2.75.